The molecule has 30 heavy (non-hydrogen) atoms. The van der Waals surface area contributed by atoms with Crippen LogP contribution in [0, 0.1) is 0 Å². The Bertz CT molecular complexity index is 1310. The largest absolute Gasteiger partial charge is 0.323 e. The summed E-state index contributed by atoms with van der Waals surface area (Å²) in [6, 6.07) is 15.8. The van der Waals surface area contributed by atoms with Crippen LogP contribution >= 0.6 is 23.2 Å². The lowest BCUT2D eigenvalue weighted by Gasteiger charge is -2.12. The van der Waals surface area contributed by atoms with Crippen molar-refractivity contribution in [3.8, 4) is 11.1 Å². The molecule has 3 aromatic heterocycles. The van der Waals surface area contributed by atoms with Crippen molar-refractivity contribution >= 4 is 34.2 Å². The minimum Gasteiger partial charge on any atom is -0.323 e. The van der Waals surface area contributed by atoms with E-state index in [-0.39, 0.29) is 0 Å². The minimum atomic E-state index is 0.575. The lowest BCUT2D eigenvalue weighted by molar-refractivity contribution is 0.762. The van der Waals surface area contributed by atoms with E-state index in [1.807, 2.05) is 42.7 Å². The van der Waals surface area contributed by atoms with E-state index in [1.165, 1.54) is 0 Å². The zero-order chi connectivity index (χ0) is 20.5. The van der Waals surface area contributed by atoms with Crippen molar-refractivity contribution in [2.75, 3.05) is 0 Å². The molecule has 5 aromatic rings. The third-order valence-electron chi connectivity index (χ3n) is 5.11. The number of halogens is 2. The summed E-state index contributed by atoms with van der Waals surface area (Å²) in [6.45, 7) is 0.575. The third-order valence-corrected chi connectivity index (χ3v) is 5.71. The van der Waals surface area contributed by atoms with Gasteiger partial charge in [0.15, 0.2) is 0 Å². The van der Waals surface area contributed by atoms with Gasteiger partial charge in [-0.25, -0.2) is 4.98 Å². The molecular weight excluding hydrogens is 417 g/mol. The van der Waals surface area contributed by atoms with Crippen LogP contribution in [0.3, 0.4) is 0 Å². The Morgan fingerprint density at radius 1 is 0.933 bits per heavy atom. The molecule has 1 N–H and O–H groups in total. The van der Waals surface area contributed by atoms with Crippen LogP contribution in [0.1, 0.15) is 17.0 Å². The first-order chi connectivity index (χ1) is 14.7. The Kier molecular flexibility index (Phi) is 4.99. The Balaban J connectivity index is 1.65. The first-order valence-electron chi connectivity index (χ1n) is 9.48. The molecule has 5 rings (SSSR count). The molecule has 0 bridgehead atoms. The number of aromatic nitrogens is 5. The van der Waals surface area contributed by atoms with Gasteiger partial charge in [0, 0.05) is 40.6 Å². The highest BCUT2D eigenvalue weighted by Crippen LogP contribution is 2.28. The van der Waals surface area contributed by atoms with Crippen LogP contribution in [-0.2, 0) is 13.0 Å². The molecule has 0 radical (unpaired) electrons. The number of benzene rings is 2. The number of nitrogens with one attached hydrogen (secondary N) is 1. The number of nitrogens with zero attached hydrogens (tertiary/aromatic N) is 4. The van der Waals surface area contributed by atoms with Crippen molar-refractivity contribution < 1.29 is 0 Å². The predicted octanol–water partition coefficient (Wildman–Crippen LogP) is 5.77. The zero-order valence-corrected chi connectivity index (χ0v) is 17.4. The number of rotatable bonds is 5. The summed E-state index contributed by atoms with van der Waals surface area (Å²) in [5.74, 6) is 0.955. The summed E-state index contributed by atoms with van der Waals surface area (Å²) in [5.41, 5.74) is 6.17. The number of hydrogen-bond acceptors (Lipinski definition) is 3. The zero-order valence-electron chi connectivity index (χ0n) is 15.9. The average Bonchev–Trinajstić information content (AvgIpc) is 3.40. The molecule has 148 valence electrons. The van der Waals surface area contributed by atoms with E-state index in [9.17, 15) is 0 Å². The molecular formula is C23H17Cl2N5. The summed E-state index contributed by atoms with van der Waals surface area (Å²) < 4.78 is 2.21. The van der Waals surface area contributed by atoms with E-state index < -0.39 is 0 Å². The van der Waals surface area contributed by atoms with Crippen molar-refractivity contribution in [1.29, 1.82) is 0 Å². The fourth-order valence-electron chi connectivity index (χ4n) is 3.59. The van der Waals surface area contributed by atoms with Crippen LogP contribution in [0.2, 0.25) is 10.0 Å². The standard InChI is InChI=1S/C23H17Cl2N5/c24-19-2-3-20(25)17(10-19)14-30-22-11-16(18-12-27-28-13-18)1-4-21(22)29-23(30)9-15-5-7-26-8-6-15/h1-8,10-13H,9,14H2,(H,27,28). The maximum Gasteiger partial charge on any atom is 0.114 e. The molecule has 0 aliphatic carbocycles. The van der Waals surface area contributed by atoms with Crippen LogP contribution in [0.25, 0.3) is 22.2 Å². The van der Waals surface area contributed by atoms with Gasteiger partial charge in [-0.3, -0.25) is 10.1 Å². The maximum absolute atomic E-state index is 6.48. The fourth-order valence-corrected chi connectivity index (χ4v) is 3.96. The van der Waals surface area contributed by atoms with Crippen LogP contribution in [0.5, 0.6) is 0 Å². The number of H-pyrrole nitrogens is 1. The second kappa shape index (κ2) is 7.94. The molecule has 0 saturated heterocycles. The topological polar surface area (TPSA) is 59.4 Å². The Morgan fingerprint density at radius 2 is 1.80 bits per heavy atom. The van der Waals surface area contributed by atoms with Crippen LogP contribution in [0.4, 0.5) is 0 Å². The molecule has 0 unspecified atom stereocenters. The van der Waals surface area contributed by atoms with E-state index in [0.717, 1.165) is 39.1 Å². The number of fused-ring (bicyclic) bond motifs is 1. The molecule has 0 aliphatic heterocycles. The molecule has 7 heteroatoms. The second-order valence-corrected chi connectivity index (χ2v) is 7.92. The predicted molar refractivity (Wildman–Crippen MR) is 120 cm³/mol. The van der Waals surface area contributed by atoms with E-state index in [0.29, 0.717) is 23.0 Å². The quantitative estimate of drug-likeness (QED) is 0.382. The second-order valence-electron chi connectivity index (χ2n) is 7.07. The molecule has 0 atom stereocenters. The number of pyridine rings is 1. The lowest BCUT2D eigenvalue weighted by Crippen LogP contribution is -2.06. The van der Waals surface area contributed by atoms with Crippen LogP contribution < -0.4 is 0 Å². The van der Waals surface area contributed by atoms with Gasteiger partial charge in [0.25, 0.3) is 0 Å². The summed E-state index contributed by atoms with van der Waals surface area (Å²) in [6.07, 6.45) is 7.98. The number of imidazole rings is 1. The molecule has 3 heterocycles. The molecule has 0 amide bonds. The van der Waals surface area contributed by atoms with E-state index >= 15 is 0 Å². The van der Waals surface area contributed by atoms with Gasteiger partial charge < -0.3 is 4.57 Å². The van der Waals surface area contributed by atoms with Gasteiger partial charge in [-0.15, -0.1) is 0 Å². The molecule has 5 nitrogen and oxygen atoms in total. The highest BCUT2D eigenvalue weighted by atomic mass is 35.5. The average molecular weight is 434 g/mol. The van der Waals surface area contributed by atoms with Crippen molar-refractivity contribution in [1.82, 2.24) is 24.7 Å². The maximum atomic E-state index is 6.48. The van der Waals surface area contributed by atoms with Gasteiger partial charge in [0.1, 0.15) is 5.82 Å². The summed E-state index contributed by atoms with van der Waals surface area (Å²) >= 11 is 12.7. The SMILES string of the molecule is Clc1ccc(Cl)c(Cn2c(Cc3ccncc3)nc3ccc(-c4cn[nH]c4)cc32)c1. The van der Waals surface area contributed by atoms with Crippen molar-refractivity contribution in [3.63, 3.8) is 0 Å². The first kappa shape index (κ1) is 18.9. The van der Waals surface area contributed by atoms with Gasteiger partial charge in [-0.05, 0) is 59.2 Å². The number of aromatic amines is 1. The lowest BCUT2D eigenvalue weighted by atomic mass is 10.1. The highest BCUT2D eigenvalue weighted by Gasteiger charge is 2.15. The van der Waals surface area contributed by atoms with Crippen LogP contribution in [-0.4, -0.2) is 24.7 Å². The third kappa shape index (κ3) is 3.70. The Hall–Kier alpha value is -3.15. The molecule has 2 aromatic carbocycles. The van der Waals surface area contributed by atoms with E-state index in [2.05, 4.69) is 31.9 Å². The van der Waals surface area contributed by atoms with Crippen LogP contribution in [0.15, 0.2) is 73.3 Å². The summed E-state index contributed by atoms with van der Waals surface area (Å²) in [7, 11) is 0. The molecule has 0 fully saturated rings. The van der Waals surface area contributed by atoms with Gasteiger partial charge in [0.05, 0.1) is 23.8 Å². The normalized spacial score (nSPS) is 11.3. The molecule has 0 spiro atoms. The first-order valence-corrected chi connectivity index (χ1v) is 10.2. The summed E-state index contributed by atoms with van der Waals surface area (Å²) in [5, 5.41) is 8.28. The van der Waals surface area contributed by atoms with E-state index in [4.69, 9.17) is 28.2 Å². The number of hydrogen-bond donors (Lipinski definition) is 1. The fraction of sp³-hybridized carbons (Fsp3) is 0.0870. The van der Waals surface area contributed by atoms with Gasteiger partial charge in [-0.1, -0.05) is 29.3 Å². The highest BCUT2D eigenvalue weighted by molar-refractivity contribution is 6.33. The summed E-state index contributed by atoms with van der Waals surface area (Å²) in [4.78, 5) is 9.03. The minimum absolute atomic E-state index is 0.575. The van der Waals surface area contributed by atoms with Crippen molar-refractivity contribution in [2.45, 2.75) is 13.0 Å². The Labute approximate surface area is 183 Å². The van der Waals surface area contributed by atoms with Crippen molar-refractivity contribution in [3.05, 3.63) is 100 Å². The van der Waals surface area contributed by atoms with Crippen molar-refractivity contribution in [2.24, 2.45) is 0 Å². The van der Waals surface area contributed by atoms with Gasteiger partial charge in [0.2, 0.25) is 0 Å². The Morgan fingerprint density at radius 3 is 2.60 bits per heavy atom. The van der Waals surface area contributed by atoms with E-state index in [1.54, 1.807) is 18.5 Å². The van der Waals surface area contributed by atoms with Gasteiger partial charge >= 0.3 is 0 Å². The smallest absolute Gasteiger partial charge is 0.114 e. The monoisotopic (exact) mass is 433 g/mol. The molecule has 0 aliphatic rings. The van der Waals surface area contributed by atoms with Gasteiger partial charge in [-0.2, -0.15) is 5.10 Å². The molecule has 0 saturated carbocycles.